The maximum Gasteiger partial charge on any atom is 0.225 e. The van der Waals surface area contributed by atoms with Crippen molar-refractivity contribution in [3.63, 3.8) is 0 Å². The molecule has 0 N–H and O–H groups in total. The van der Waals surface area contributed by atoms with Gasteiger partial charge in [-0.1, -0.05) is 13.8 Å². The van der Waals surface area contributed by atoms with Crippen LogP contribution in [0.5, 0.6) is 0 Å². The Labute approximate surface area is 142 Å². The second-order valence-corrected chi connectivity index (χ2v) is 7.65. The van der Waals surface area contributed by atoms with Crippen LogP contribution in [0, 0.1) is 5.92 Å². The van der Waals surface area contributed by atoms with Gasteiger partial charge in [0.15, 0.2) is 0 Å². The molecule has 5 nitrogen and oxygen atoms in total. The summed E-state index contributed by atoms with van der Waals surface area (Å²) in [6.07, 6.45) is 1.25. The molecule has 23 heavy (non-hydrogen) atoms. The van der Waals surface area contributed by atoms with Gasteiger partial charge in [0.1, 0.15) is 0 Å². The van der Waals surface area contributed by atoms with Crippen molar-refractivity contribution in [2.75, 3.05) is 65.4 Å². The third-order valence-electron chi connectivity index (χ3n) is 5.26. The molecule has 2 aliphatic rings. The van der Waals surface area contributed by atoms with Crippen LogP contribution in [0.3, 0.4) is 0 Å². The molecule has 0 saturated carbocycles. The van der Waals surface area contributed by atoms with Crippen LogP contribution in [0.15, 0.2) is 0 Å². The Morgan fingerprint density at radius 3 is 1.70 bits per heavy atom. The average Bonchev–Trinajstić information content (AvgIpc) is 2.55. The van der Waals surface area contributed by atoms with E-state index in [9.17, 15) is 4.79 Å². The molecule has 0 radical (unpaired) electrons. The van der Waals surface area contributed by atoms with Gasteiger partial charge in [-0.15, -0.1) is 0 Å². The molecular formula is C18H36N4O. The quantitative estimate of drug-likeness (QED) is 0.734. The largest absolute Gasteiger partial charge is 0.340 e. The first-order valence-electron chi connectivity index (χ1n) is 9.45. The predicted molar refractivity (Wildman–Crippen MR) is 95.6 cm³/mol. The molecular weight excluding hydrogens is 288 g/mol. The van der Waals surface area contributed by atoms with E-state index < -0.39 is 0 Å². The normalized spacial score (nSPS) is 22.3. The van der Waals surface area contributed by atoms with Crippen molar-refractivity contribution in [1.29, 1.82) is 0 Å². The van der Waals surface area contributed by atoms with Crippen molar-refractivity contribution in [2.24, 2.45) is 5.92 Å². The van der Waals surface area contributed by atoms with E-state index in [-0.39, 0.29) is 5.92 Å². The minimum atomic E-state index is 0.131. The van der Waals surface area contributed by atoms with E-state index in [4.69, 9.17) is 0 Å². The molecule has 2 aliphatic heterocycles. The van der Waals surface area contributed by atoms with Gasteiger partial charge in [-0.2, -0.15) is 0 Å². The molecule has 2 rings (SSSR count). The highest BCUT2D eigenvalue weighted by Crippen LogP contribution is 2.09. The maximum atomic E-state index is 12.0. The smallest absolute Gasteiger partial charge is 0.225 e. The lowest BCUT2D eigenvalue weighted by Gasteiger charge is -2.38. The van der Waals surface area contributed by atoms with E-state index >= 15 is 0 Å². The fraction of sp³-hybridized carbons (Fsp3) is 0.944. The first-order valence-corrected chi connectivity index (χ1v) is 9.45. The number of nitrogens with zero attached hydrogens (tertiary/aromatic N) is 4. The number of carbonyl (C=O) groups is 1. The molecule has 0 unspecified atom stereocenters. The number of amides is 1. The fourth-order valence-electron chi connectivity index (χ4n) is 3.58. The first kappa shape index (κ1) is 18.7. The zero-order chi connectivity index (χ0) is 16.8. The SMILES string of the molecule is CC(C)C(=O)N1CCN(CCCN2CCN(C(C)C)CC2)CC1. The highest BCUT2D eigenvalue weighted by atomic mass is 16.2. The van der Waals surface area contributed by atoms with Gasteiger partial charge in [0.05, 0.1) is 0 Å². The minimum absolute atomic E-state index is 0.131. The van der Waals surface area contributed by atoms with Gasteiger partial charge in [-0.3, -0.25) is 14.6 Å². The van der Waals surface area contributed by atoms with E-state index in [0.29, 0.717) is 11.9 Å². The fourth-order valence-corrected chi connectivity index (χ4v) is 3.58. The highest BCUT2D eigenvalue weighted by molar-refractivity contribution is 5.78. The van der Waals surface area contributed by atoms with Crippen molar-refractivity contribution in [3.05, 3.63) is 0 Å². The molecule has 0 aromatic rings. The van der Waals surface area contributed by atoms with E-state index in [2.05, 4.69) is 28.5 Å². The van der Waals surface area contributed by atoms with Crippen LogP contribution in [0.1, 0.15) is 34.1 Å². The van der Waals surface area contributed by atoms with Crippen molar-refractivity contribution in [1.82, 2.24) is 19.6 Å². The summed E-state index contributed by atoms with van der Waals surface area (Å²) in [5.41, 5.74) is 0. The summed E-state index contributed by atoms with van der Waals surface area (Å²) < 4.78 is 0. The monoisotopic (exact) mass is 324 g/mol. The van der Waals surface area contributed by atoms with Crippen LogP contribution in [-0.4, -0.2) is 97.0 Å². The zero-order valence-electron chi connectivity index (χ0n) is 15.6. The molecule has 0 bridgehead atoms. The van der Waals surface area contributed by atoms with Crippen LogP contribution in [-0.2, 0) is 4.79 Å². The van der Waals surface area contributed by atoms with Crippen LogP contribution in [0.25, 0.3) is 0 Å². The van der Waals surface area contributed by atoms with Crippen molar-refractivity contribution >= 4 is 5.91 Å². The molecule has 0 spiro atoms. The van der Waals surface area contributed by atoms with Crippen LogP contribution >= 0.6 is 0 Å². The van der Waals surface area contributed by atoms with Gasteiger partial charge in [0.2, 0.25) is 5.91 Å². The molecule has 2 fully saturated rings. The standard InChI is InChI=1S/C18H36N4O/c1-16(2)18(23)22-14-10-20(11-15-22)7-5-6-19-8-12-21(13-9-19)17(3)4/h16-17H,5-15H2,1-4H3. The van der Waals surface area contributed by atoms with E-state index in [1.807, 2.05) is 18.7 Å². The Kier molecular flexibility index (Phi) is 7.31. The van der Waals surface area contributed by atoms with Gasteiger partial charge < -0.3 is 9.80 Å². The zero-order valence-corrected chi connectivity index (χ0v) is 15.6. The van der Waals surface area contributed by atoms with E-state index in [0.717, 1.165) is 26.2 Å². The third kappa shape index (κ3) is 5.73. The van der Waals surface area contributed by atoms with Gasteiger partial charge in [0, 0.05) is 64.3 Å². The van der Waals surface area contributed by atoms with Crippen LogP contribution in [0.4, 0.5) is 0 Å². The summed E-state index contributed by atoms with van der Waals surface area (Å²) in [5.74, 6) is 0.443. The molecule has 2 saturated heterocycles. The average molecular weight is 325 g/mol. The number of carbonyl (C=O) groups excluding carboxylic acids is 1. The molecule has 0 atom stereocenters. The summed E-state index contributed by atoms with van der Waals surface area (Å²) >= 11 is 0. The molecule has 0 aliphatic carbocycles. The first-order chi connectivity index (χ1) is 11.0. The summed E-state index contributed by atoms with van der Waals surface area (Å²) in [6, 6.07) is 0.682. The van der Waals surface area contributed by atoms with Gasteiger partial charge in [-0.25, -0.2) is 0 Å². The van der Waals surface area contributed by atoms with E-state index in [1.54, 1.807) is 0 Å². The number of hydrogen-bond donors (Lipinski definition) is 0. The Hall–Kier alpha value is -0.650. The lowest BCUT2D eigenvalue weighted by atomic mass is 10.1. The molecule has 1 amide bonds. The number of hydrogen-bond acceptors (Lipinski definition) is 4. The van der Waals surface area contributed by atoms with Gasteiger partial charge in [-0.05, 0) is 33.4 Å². The van der Waals surface area contributed by atoms with Gasteiger partial charge >= 0.3 is 0 Å². The summed E-state index contributed by atoms with van der Waals surface area (Å²) in [7, 11) is 0. The number of piperazine rings is 2. The molecule has 2 heterocycles. The van der Waals surface area contributed by atoms with Crippen LogP contribution in [0.2, 0.25) is 0 Å². The minimum Gasteiger partial charge on any atom is -0.340 e. The summed E-state index contributed by atoms with van der Waals surface area (Å²) in [4.78, 5) is 21.7. The van der Waals surface area contributed by atoms with Crippen molar-refractivity contribution in [3.8, 4) is 0 Å². The molecule has 0 aromatic carbocycles. The molecule has 5 heteroatoms. The number of rotatable bonds is 6. The second-order valence-electron chi connectivity index (χ2n) is 7.65. The predicted octanol–water partition coefficient (Wildman–Crippen LogP) is 1.20. The Balaban J connectivity index is 1.57. The third-order valence-corrected chi connectivity index (χ3v) is 5.26. The lowest BCUT2D eigenvalue weighted by molar-refractivity contribution is -0.136. The van der Waals surface area contributed by atoms with Crippen molar-refractivity contribution in [2.45, 2.75) is 40.2 Å². The summed E-state index contributed by atoms with van der Waals surface area (Å²) in [6.45, 7) is 19.7. The molecule has 0 aromatic heterocycles. The topological polar surface area (TPSA) is 30.0 Å². The maximum absolute atomic E-state index is 12.0. The summed E-state index contributed by atoms with van der Waals surface area (Å²) in [5, 5.41) is 0. The molecule has 134 valence electrons. The van der Waals surface area contributed by atoms with Crippen LogP contribution < -0.4 is 0 Å². The Morgan fingerprint density at radius 1 is 0.783 bits per heavy atom. The Bertz CT molecular complexity index is 356. The Morgan fingerprint density at radius 2 is 1.26 bits per heavy atom. The van der Waals surface area contributed by atoms with Crippen molar-refractivity contribution < 1.29 is 4.79 Å². The second kappa shape index (κ2) is 9.00. The van der Waals surface area contributed by atoms with E-state index in [1.165, 1.54) is 45.7 Å². The lowest BCUT2D eigenvalue weighted by Crippen LogP contribution is -2.51. The highest BCUT2D eigenvalue weighted by Gasteiger charge is 2.23. The van der Waals surface area contributed by atoms with Gasteiger partial charge in [0.25, 0.3) is 0 Å².